The molecule has 22 heavy (non-hydrogen) atoms. The van der Waals surface area contributed by atoms with E-state index < -0.39 is 6.10 Å². The van der Waals surface area contributed by atoms with Gasteiger partial charge in [0.05, 0.1) is 0 Å². The summed E-state index contributed by atoms with van der Waals surface area (Å²) in [4.78, 5) is 4.64. The number of para-hydroxylation sites is 1. The van der Waals surface area contributed by atoms with Crippen molar-refractivity contribution in [3.63, 3.8) is 0 Å². The topological polar surface area (TPSA) is 35.9 Å². The van der Waals surface area contributed by atoms with Crippen LogP contribution in [0.1, 0.15) is 31.7 Å². The molecule has 0 amide bonds. The summed E-state index contributed by atoms with van der Waals surface area (Å²) in [6.45, 7) is 9.65. The lowest BCUT2D eigenvalue weighted by Gasteiger charge is -2.33. The summed E-state index contributed by atoms with van der Waals surface area (Å²) in [6, 6.07) is 8.17. The molecule has 1 aromatic carbocycles. The van der Waals surface area contributed by atoms with Crippen molar-refractivity contribution in [2.24, 2.45) is 0 Å². The average molecular weight is 306 g/mol. The van der Waals surface area contributed by atoms with Crippen LogP contribution in [0.4, 0.5) is 0 Å². The quantitative estimate of drug-likeness (QED) is 0.838. The fraction of sp³-hybridized carbons (Fsp3) is 0.667. The molecule has 0 aliphatic carbocycles. The van der Waals surface area contributed by atoms with E-state index in [9.17, 15) is 5.11 Å². The van der Waals surface area contributed by atoms with Gasteiger partial charge in [-0.3, -0.25) is 4.90 Å². The minimum atomic E-state index is -0.437. The number of nitrogens with zero attached hydrogens (tertiary/aromatic N) is 2. The Hall–Kier alpha value is -1.10. The largest absolute Gasteiger partial charge is 0.491 e. The predicted octanol–water partition coefficient (Wildman–Crippen LogP) is 2.19. The number of likely N-dealkylation sites (N-methyl/N-ethyl adjacent to an activating group) is 1. The van der Waals surface area contributed by atoms with Crippen LogP contribution in [0.15, 0.2) is 24.3 Å². The summed E-state index contributed by atoms with van der Waals surface area (Å²) in [5.41, 5.74) is 1.23. The summed E-state index contributed by atoms with van der Waals surface area (Å²) in [5, 5.41) is 10.2. The van der Waals surface area contributed by atoms with Gasteiger partial charge in [0.25, 0.3) is 0 Å². The lowest BCUT2D eigenvalue weighted by Crippen LogP contribution is -2.47. The Morgan fingerprint density at radius 3 is 2.55 bits per heavy atom. The molecule has 1 heterocycles. The zero-order valence-electron chi connectivity index (χ0n) is 14.2. The van der Waals surface area contributed by atoms with Gasteiger partial charge in [-0.2, -0.15) is 0 Å². The van der Waals surface area contributed by atoms with Gasteiger partial charge in [-0.1, -0.05) is 32.0 Å². The summed E-state index contributed by atoms with van der Waals surface area (Å²) in [5.74, 6) is 1.39. The smallest absolute Gasteiger partial charge is 0.122 e. The fourth-order valence-electron chi connectivity index (χ4n) is 2.81. The highest BCUT2D eigenvalue weighted by atomic mass is 16.5. The summed E-state index contributed by atoms with van der Waals surface area (Å²) < 4.78 is 5.90. The predicted molar refractivity (Wildman–Crippen MR) is 90.6 cm³/mol. The van der Waals surface area contributed by atoms with Crippen molar-refractivity contribution < 1.29 is 9.84 Å². The van der Waals surface area contributed by atoms with Crippen molar-refractivity contribution >= 4 is 0 Å². The Kier molecular flexibility index (Phi) is 6.68. The first-order valence-corrected chi connectivity index (χ1v) is 8.40. The number of aliphatic hydroxyl groups is 1. The van der Waals surface area contributed by atoms with Crippen LogP contribution >= 0.6 is 0 Å². The Balaban J connectivity index is 1.82. The zero-order valence-corrected chi connectivity index (χ0v) is 14.2. The van der Waals surface area contributed by atoms with Gasteiger partial charge < -0.3 is 14.7 Å². The SMILES string of the molecule is CC[C@@H](C)c1ccccc1OC[C@H](O)CN1CCN(C)CC1. The molecule has 4 heteroatoms. The zero-order chi connectivity index (χ0) is 15.9. The number of hydrogen-bond donors (Lipinski definition) is 1. The standard InChI is InChI=1S/C18H30N2O2/c1-4-15(2)17-7-5-6-8-18(17)22-14-16(21)13-20-11-9-19(3)10-12-20/h5-8,15-16,21H,4,9-14H2,1-3H3/t15-,16-/m1/s1. The van der Waals surface area contributed by atoms with E-state index in [1.807, 2.05) is 12.1 Å². The summed E-state index contributed by atoms with van der Waals surface area (Å²) >= 11 is 0. The Labute approximate surface area is 134 Å². The molecular weight excluding hydrogens is 276 g/mol. The van der Waals surface area contributed by atoms with Crippen LogP contribution in [0.5, 0.6) is 5.75 Å². The number of β-amino-alcohol motifs (C(OH)–C–C–N with tert-alkyl or cyclic N) is 1. The van der Waals surface area contributed by atoms with E-state index in [2.05, 4.69) is 42.8 Å². The Morgan fingerprint density at radius 2 is 1.86 bits per heavy atom. The third-order valence-electron chi connectivity index (χ3n) is 4.56. The molecule has 1 N–H and O–H groups in total. The molecule has 0 unspecified atom stereocenters. The first-order chi connectivity index (χ1) is 10.6. The van der Waals surface area contributed by atoms with Gasteiger partial charge in [0, 0.05) is 32.7 Å². The molecule has 0 aromatic heterocycles. The second-order valence-corrected chi connectivity index (χ2v) is 6.42. The van der Waals surface area contributed by atoms with Crippen LogP contribution in [0, 0.1) is 0 Å². The van der Waals surface area contributed by atoms with Crippen LogP contribution in [-0.2, 0) is 0 Å². The molecule has 1 aromatic rings. The van der Waals surface area contributed by atoms with Gasteiger partial charge >= 0.3 is 0 Å². The number of aliphatic hydroxyl groups excluding tert-OH is 1. The van der Waals surface area contributed by atoms with E-state index >= 15 is 0 Å². The summed E-state index contributed by atoms with van der Waals surface area (Å²) in [7, 11) is 2.14. The van der Waals surface area contributed by atoms with Crippen molar-refractivity contribution in [3.05, 3.63) is 29.8 Å². The Bertz CT molecular complexity index is 444. The van der Waals surface area contributed by atoms with Crippen LogP contribution in [-0.4, -0.2) is 67.4 Å². The maximum absolute atomic E-state index is 10.2. The highest BCUT2D eigenvalue weighted by Gasteiger charge is 2.18. The van der Waals surface area contributed by atoms with E-state index in [1.165, 1.54) is 5.56 Å². The maximum Gasteiger partial charge on any atom is 0.122 e. The van der Waals surface area contributed by atoms with E-state index in [4.69, 9.17) is 4.74 Å². The first-order valence-electron chi connectivity index (χ1n) is 8.40. The van der Waals surface area contributed by atoms with Gasteiger partial charge in [-0.25, -0.2) is 0 Å². The lowest BCUT2D eigenvalue weighted by molar-refractivity contribution is 0.0501. The number of ether oxygens (including phenoxy) is 1. The third-order valence-corrected chi connectivity index (χ3v) is 4.56. The number of piperazine rings is 1. The van der Waals surface area contributed by atoms with Crippen LogP contribution in [0.2, 0.25) is 0 Å². The van der Waals surface area contributed by atoms with E-state index in [0.29, 0.717) is 19.1 Å². The molecule has 4 nitrogen and oxygen atoms in total. The third kappa shape index (κ3) is 4.97. The second kappa shape index (κ2) is 8.51. The molecule has 0 bridgehead atoms. The minimum absolute atomic E-state index is 0.361. The monoisotopic (exact) mass is 306 g/mol. The molecule has 1 aliphatic heterocycles. The molecule has 0 radical (unpaired) electrons. The van der Waals surface area contributed by atoms with Gasteiger partial charge in [-0.05, 0) is 31.0 Å². The van der Waals surface area contributed by atoms with Crippen LogP contribution in [0.25, 0.3) is 0 Å². The number of hydrogen-bond acceptors (Lipinski definition) is 4. The van der Waals surface area contributed by atoms with Crippen molar-refractivity contribution in [3.8, 4) is 5.75 Å². The summed E-state index contributed by atoms with van der Waals surface area (Å²) in [6.07, 6.45) is 0.651. The first kappa shape index (κ1) is 17.3. The van der Waals surface area contributed by atoms with E-state index in [1.54, 1.807) is 0 Å². The Morgan fingerprint density at radius 1 is 1.18 bits per heavy atom. The van der Waals surface area contributed by atoms with E-state index in [0.717, 1.165) is 38.3 Å². The van der Waals surface area contributed by atoms with Crippen LogP contribution in [0.3, 0.4) is 0 Å². The molecular formula is C18H30N2O2. The van der Waals surface area contributed by atoms with Crippen molar-refractivity contribution in [1.82, 2.24) is 9.80 Å². The van der Waals surface area contributed by atoms with E-state index in [-0.39, 0.29) is 0 Å². The van der Waals surface area contributed by atoms with Crippen molar-refractivity contribution in [1.29, 1.82) is 0 Å². The van der Waals surface area contributed by atoms with Gasteiger partial charge in [-0.15, -0.1) is 0 Å². The van der Waals surface area contributed by atoms with Crippen molar-refractivity contribution in [2.75, 3.05) is 46.4 Å². The average Bonchev–Trinajstić information content (AvgIpc) is 2.54. The second-order valence-electron chi connectivity index (χ2n) is 6.42. The molecule has 124 valence electrons. The molecule has 2 atom stereocenters. The van der Waals surface area contributed by atoms with Crippen LogP contribution < -0.4 is 4.74 Å². The highest BCUT2D eigenvalue weighted by Crippen LogP contribution is 2.28. The lowest BCUT2D eigenvalue weighted by atomic mass is 9.98. The highest BCUT2D eigenvalue weighted by molar-refractivity contribution is 5.35. The van der Waals surface area contributed by atoms with Crippen molar-refractivity contribution in [2.45, 2.75) is 32.3 Å². The molecule has 2 rings (SSSR count). The molecule has 0 saturated carbocycles. The minimum Gasteiger partial charge on any atom is -0.491 e. The van der Waals surface area contributed by atoms with Gasteiger partial charge in [0.15, 0.2) is 0 Å². The van der Waals surface area contributed by atoms with Gasteiger partial charge in [0.2, 0.25) is 0 Å². The molecule has 0 spiro atoms. The normalized spacial score (nSPS) is 19.8. The maximum atomic E-state index is 10.2. The van der Waals surface area contributed by atoms with Gasteiger partial charge in [0.1, 0.15) is 18.5 Å². The fourth-order valence-corrected chi connectivity index (χ4v) is 2.81. The number of benzene rings is 1. The molecule has 1 aliphatic rings. The molecule has 1 saturated heterocycles. The number of rotatable bonds is 7. The molecule has 1 fully saturated rings.